The molecule has 4 nitrogen and oxygen atoms in total. The van der Waals surface area contributed by atoms with Gasteiger partial charge in [0.1, 0.15) is 0 Å². The largest absolute Gasteiger partial charge is 0.381 e. The van der Waals surface area contributed by atoms with Crippen molar-refractivity contribution in [3.8, 4) is 0 Å². The van der Waals surface area contributed by atoms with Crippen LogP contribution in [0.2, 0.25) is 0 Å². The molecular formula is C11H15N3O. The van der Waals surface area contributed by atoms with Gasteiger partial charge in [-0.05, 0) is 31.2 Å². The Morgan fingerprint density at radius 1 is 1.53 bits per heavy atom. The fourth-order valence-electron chi connectivity index (χ4n) is 1.78. The molecule has 1 aliphatic rings. The number of nitrogens with one attached hydrogen (secondary N) is 2. The molecule has 15 heavy (non-hydrogen) atoms. The smallest absolute Gasteiger partial charge is 0.248 e. The van der Waals surface area contributed by atoms with Crippen molar-refractivity contribution < 1.29 is 4.79 Å². The van der Waals surface area contributed by atoms with Gasteiger partial charge in [-0.3, -0.25) is 4.79 Å². The molecule has 0 radical (unpaired) electrons. The molecule has 1 aliphatic heterocycles. The fourth-order valence-corrected chi connectivity index (χ4v) is 1.78. The van der Waals surface area contributed by atoms with Crippen LogP contribution in [0, 0.1) is 0 Å². The van der Waals surface area contributed by atoms with Crippen molar-refractivity contribution in [2.45, 2.75) is 12.5 Å². The molecule has 80 valence electrons. The van der Waals surface area contributed by atoms with Crippen LogP contribution >= 0.6 is 0 Å². The van der Waals surface area contributed by atoms with E-state index in [1.165, 1.54) is 0 Å². The van der Waals surface area contributed by atoms with Gasteiger partial charge in [-0.15, -0.1) is 0 Å². The van der Waals surface area contributed by atoms with Crippen molar-refractivity contribution in [2.75, 3.05) is 18.4 Å². The number of amides is 1. The molecular weight excluding hydrogens is 190 g/mol. The molecule has 1 aromatic carbocycles. The van der Waals surface area contributed by atoms with E-state index in [4.69, 9.17) is 5.73 Å². The molecule has 0 spiro atoms. The monoisotopic (exact) mass is 205 g/mol. The van der Waals surface area contributed by atoms with Crippen LogP contribution < -0.4 is 16.4 Å². The highest BCUT2D eigenvalue weighted by Gasteiger charge is 2.13. The maximum atomic E-state index is 11.0. The molecule has 1 atom stereocenters. The van der Waals surface area contributed by atoms with Crippen molar-refractivity contribution in [3.05, 3.63) is 29.8 Å². The summed E-state index contributed by atoms with van der Waals surface area (Å²) < 4.78 is 0. The van der Waals surface area contributed by atoms with Crippen molar-refractivity contribution in [1.29, 1.82) is 0 Å². The van der Waals surface area contributed by atoms with E-state index in [2.05, 4.69) is 10.6 Å². The SMILES string of the molecule is NC(=O)c1cccc(NC2CCNC2)c1. The van der Waals surface area contributed by atoms with E-state index < -0.39 is 0 Å². The number of hydrogen-bond donors (Lipinski definition) is 3. The minimum Gasteiger partial charge on any atom is -0.381 e. The molecule has 1 amide bonds. The molecule has 0 aliphatic carbocycles. The molecule has 1 heterocycles. The third kappa shape index (κ3) is 2.47. The Bertz CT molecular complexity index is 359. The molecule has 1 unspecified atom stereocenters. The number of nitrogens with two attached hydrogens (primary N) is 1. The van der Waals surface area contributed by atoms with Gasteiger partial charge in [-0.25, -0.2) is 0 Å². The minimum atomic E-state index is -0.386. The lowest BCUT2D eigenvalue weighted by molar-refractivity contribution is 0.100. The van der Waals surface area contributed by atoms with Gasteiger partial charge < -0.3 is 16.4 Å². The van der Waals surface area contributed by atoms with Gasteiger partial charge in [0, 0.05) is 23.8 Å². The third-order valence-corrected chi connectivity index (χ3v) is 2.58. The molecule has 0 bridgehead atoms. The van der Waals surface area contributed by atoms with E-state index in [0.717, 1.165) is 25.2 Å². The average molecular weight is 205 g/mol. The summed E-state index contributed by atoms with van der Waals surface area (Å²) in [5, 5.41) is 6.64. The zero-order valence-electron chi connectivity index (χ0n) is 8.49. The predicted molar refractivity (Wildman–Crippen MR) is 59.9 cm³/mol. The number of rotatable bonds is 3. The molecule has 1 aromatic rings. The summed E-state index contributed by atoms with van der Waals surface area (Å²) in [6.07, 6.45) is 1.11. The second kappa shape index (κ2) is 4.31. The maximum Gasteiger partial charge on any atom is 0.248 e. The van der Waals surface area contributed by atoms with Crippen LogP contribution in [0.25, 0.3) is 0 Å². The Hall–Kier alpha value is -1.55. The number of carbonyl (C=O) groups excluding carboxylic acids is 1. The number of hydrogen-bond acceptors (Lipinski definition) is 3. The van der Waals surface area contributed by atoms with E-state index in [-0.39, 0.29) is 5.91 Å². The van der Waals surface area contributed by atoms with Gasteiger partial charge >= 0.3 is 0 Å². The summed E-state index contributed by atoms with van der Waals surface area (Å²) in [6, 6.07) is 7.75. The zero-order valence-corrected chi connectivity index (χ0v) is 8.49. The first-order valence-corrected chi connectivity index (χ1v) is 5.13. The highest BCUT2D eigenvalue weighted by Crippen LogP contribution is 2.13. The van der Waals surface area contributed by atoms with Crippen LogP contribution in [0.1, 0.15) is 16.8 Å². The van der Waals surface area contributed by atoms with Crippen LogP contribution in [-0.4, -0.2) is 25.0 Å². The Kier molecular flexibility index (Phi) is 2.87. The Morgan fingerprint density at radius 3 is 3.07 bits per heavy atom. The van der Waals surface area contributed by atoms with E-state index in [1.54, 1.807) is 12.1 Å². The van der Waals surface area contributed by atoms with E-state index >= 15 is 0 Å². The summed E-state index contributed by atoms with van der Waals surface area (Å²) in [7, 11) is 0. The lowest BCUT2D eigenvalue weighted by atomic mass is 10.1. The van der Waals surface area contributed by atoms with Crippen LogP contribution in [0.3, 0.4) is 0 Å². The summed E-state index contributed by atoms with van der Waals surface area (Å²) >= 11 is 0. The molecule has 0 aromatic heterocycles. The highest BCUT2D eigenvalue weighted by atomic mass is 16.1. The maximum absolute atomic E-state index is 11.0. The molecule has 1 fully saturated rings. The Morgan fingerprint density at radius 2 is 2.40 bits per heavy atom. The van der Waals surface area contributed by atoms with Gasteiger partial charge in [-0.1, -0.05) is 6.07 Å². The lowest BCUT2D eigenvalue weighted by Gasteiger charge is -2.13. The van der Waals surface area contributed by atoms with Gasteiger partial charge in [0.15, 0.2) is 0 Å². The van der Waals surface area contributed by atoms with Crippen LogP contribution in [0.4, 0.5) is 5.69 Å². The van der Waals surface area contributed by atoms with Gasteiger partial charge in [0.2, 0.25) is 5.91 Å². The second-order valence-corrected chi connectivity index (χ2v) is 3.78. The average Bonchev–Trinajstić information content (AvgIpc) is 2.71. The predicted octanol–water partition coefficient (Wildman–Crippen LogP) is 0.559. The number of benzene rings is 1. The number of primary amides is 1. The van der Waals surface area contributed by atoms with Crippen molar-refractivity contribution in [3.63, 3.8) is 0 Å². The van der Waals surface area contributed by atoms with Gasteiger partial charge in [0.25, 0.3) is 0 Å². The van der Waals surface area contributed by atoms with E-state index in [0.29, 0.717) is 11.6 Å². The quantitative estimate of drug-likeness (QED) is 0.675. The summed E-state index contributed by atoms with van der Waals surface area (Å²) in [5.41, 5.74) is 6.72. The fraction of sp³-hybridized carbons (Fsp3) is 0.364. The van der Waals surface area contributed by atoms with Gasteiger partial charge in [0.05, 0.1) is 0 Å². The standard InChI is InChI=1S/C11H15N3O/c12-11(15)8-2-1-3-9(6-8)14-10-4-5-13-7-10/h1-3,6,10,13-14H,4-5,7H2,(H2,12,15). The van der Waals surface area contributed by atoms with Crippen LogP contribution in [0.5, 0.6) is 0 Å². The van der Waals surface area contributed by atoms with Crippen molar-refractivity contribution in [2.24, 2.45) is 5.73 Å². The minimum absolute atomic E-state index is 0.386. The lowest BCUT2D eigenvalue weighted by Crippen LogP contribution is -2.22. The first-order chi connectivity index (χ1) is 7.25. The molecule has 4 N–H and O–H groups in total. The van der Waals surface area contributed by atoms with Crippen LogP contribution in [0.15, 0.2) is 24.3 Å². The topological polar surface area (TPSA) is 67.2 Å². The molecule has 4 heteroatoms. The summed E-state index contributed by atoms with van der Waals surface area (Å²) in [4.78, 5) is 11.0. The normalized spacial score (nSPS) is 20.1. The first-order valence-electron chi connectivity index (χ1n) is 5.13. The Balaban J connectivity index is 2.07. The highest BCUT2D eigenvalue weighted by molar-refractivity contribution is 5.93. The first kappa shape index (κ1) is 9.98. The Labute approximate surface area is 88.9 Å². The zero-order chi connectivity index (χ0) is 10.7. The van der Waals surface area contributed by atoms with Crippen LogP contribution in [-0.2, 0) is 0 Å². The summed E-state index contributed by atoms with van der Waals surface area (Å²) in [5.74, 6) is -0.386. The number of carbonyl (C=O) groups is 1. The van der Waals surface area contributed by atoms with Crippen molar-refractivity contribution in [1.82, 2.24) is 5.32 Å². The number of anilines is 1. The van der Waals surface area contributed by atoms with Crippen molar-refractivity contribution >= 4 is 11.6 Å². The van der Waals surface area contributed by atoms with E-state index in [9.17, 15) is 4.79 Å². The molecule has 0 saturated carbocycles. The molecule has 1 saturated heterocycles. The van der Waals surface area contributed by atoms with E-state index in [1.807, 2.05) is 12.1 Å². The van der Waals surface area contributed by atoms with Gasteiger partial charge in [-0.2, -0.15) is 0 Å². The third-order valence-electron chi connectivity index (χ3n) is 2.58. The summed E-state index contributed by atoms with van der Waals surface area (Å²) in [6.45, 7) is 2.02. The second-order valence-electron chi connectivity index (χ2n) is 3.78. The molecule has 2 rings (SSSR count).